The van der Waals surface area contributed by atoms with Crippen molar-refractivity contribution < 1.29 is 5.11 Å². The molecule has 19 heavy (non-hydrogen) atoms. The number of aromatic nitrogens is 2. The van der Waals surface area contributed by atoms with Crippen LogP contribution in [-0.2, 0) is 13.1 Å². The molecule has 2 heterocycles. The molecule has 1 aromatic rings. The standard InChI is InChI=1S/C14H26N4O/c1-4-18-10-13(8-15-18)9-17(3)12-14(19)6-5-7-16(2)11-14/h8,10,19H,4-7,9,11-12H2,1-3H3. The molecule has 0 aliphatic carbocycles. The number of piperidine rings is 1. The summed E-state index contributed by atoms with van der Waals surface area (Å²) in [5, 5.41) is 14.9. The minimum atomic E-state index is -0.567. The molecule has 1 N–H and O–H groups in total. The molecular formula is C14H26N4O. The topological polar surface area (TPSA) is 44.5 Å². The van der Waals surface area contributed by atoms with Crippen molar-refractivity contribution in [1.82, 2.24) is 19.6 Å². The number of likely N-dealkylation sites (tertiary alicyclic amines) is 1. The molecule has 1 saturated heterocycles. The van der Waals surface area contributed by atoms with Gasteiger partial charge in [-0.1, -0.05) is 0 Å². The van der Waals surface area contributed by atoms with E-state index in [1.807, 2.05) is 10.9 Å². The molecule has 0 radical (unpaired) electrons. The highest BCUT2D eigenvalue weighted by Crippen LogP contribution is 2.21. The summed E-state index contributed by atoms with van der Waals surface area (Å²) in [5.41, 5.74) is 0.639. The van der Waals surface area contributed by atoms with Gasteiger partial charge in [-0.2, -0.15) is 5.10 Å². The van der Waals surface area contributed by atoms with Crippen molar-refractivity contribution in [1.29, 1.82) is 0 Å². The maximum atomic E-state index is 10.6. The van der Waals surface area contributed by atoms with E-state index in [2.05, 4.69) is 42.1 Å². The summed E-state index contributed by atoms with van der Waals surface area (Å²) >= 11 is 0. The number of hydrogen-bond acceptors (Lipinski definition) is 4. The Labute approximate surface area is 115 Å². The third kappa shape index (κ3) is 4.03. The van der Waals surface area contributed by atoms with Crippen LogP contribution in [0.25, 0.3) is 0 Å². The molecule has 1 aromatic heterocycles. The maximum Gasteiger partial charge on any atom is 0.0900 e. The van der Waals surface area contributed by atoms with Crippen LogP contribution in [0.2, 0.25) is 0 Å². The summed E-state index contributed by atoms with van der Waals surface area (Å²) < 4.78 is 1.94. The Balaban J connectivity index is 1.87. The molecule has 5 nitrogen and oxygen atoms in total. The molecule has 0 bridgehead atoms. The van der Waals surface area contributed by atoms with E-state index in [1.54, 1.807) is 0 Å². The lowest BCUT2D eigenvalue weighted by Crippen LogP contribution is -2.52. The summed E-state index contributed by atoms with van der Waals surface area (Å²) in [4.78, 5) is 4.41. The second-order valence-corrected chi connectivity index (χ2v) is 5.94. The quantitative estimate of drug-likeness (QED) is 0.856. The highest BCUT2D eigenvalue weighted by atomic mass is 16.3. The monoisotopic (exact) mass is 266 g/mol. The van der Waals surface area contributed by atoms with Crippen molar-refractivity contribution in [2.45, 2.75) is 38.5 Å². The van der Waals surface area contributed by atoms with Crippen LogP contribution < -0.4 is 0 Å². The van der Waals surface area contributed by atoms with Gasteiger partial charge in [0.1, 0.15) is 0 Å². The van der Waals surface area contributed by atoms with Gasteiger partial charge in [-0.05, 0) is 40.4 Å². The molecule has 0 spiro atoms. The Morgan fingerprint density at radius 3 is 2.95 bits per heavy atom. The lowest BCUT2D eigenvalue weighted by atomic mass is 9.92. The van der Waals surface area contributed by atoms with Gasteiger partial charge in [-0.25, -0.2) is 0 Å². The fourth-order valence-electron chi connectivity index (χ4n) is 3.00. The molecule has 1 aliphatic heterocycles. The van der Waals surface area contributed by atoms with Crippen molar-refractivity contribution >= 4 is 0 Å². The van der Waals surface area contributed by atoms with E-state index in [-0.39, 0.29) is 0 Å². The second kappa shape index (κ2) is 6.03. The number of hydrogen-bond donors (Lipinski definition) is 1. The fourth-order valence-corrected chi connectivity index (χ4v) is 3.00. The minimum Gasteiger partial charge on any atom is -0.387 e. The molecule has 0 aromatic carbocycles. The zero-order valence-electron chi connectivity index (χ0n) is 12.3. The highest BCUT2D eigenvalue weighted by Gasteiger charge is 2.32. The zero-order chi connectivity index (χ0) is 13.9. The van der Waals surface area contributed by atoms with Crippen LogP contribution in [0.15, 0.2) is 12.4 Å². The Morgan fingerprint density at radius 2 is 2.32 bits per heavy atom. The minimum absolute atomic E-state index is 0.567. The van der Waals surface area contributed by atoms with E-state index in [0.29, 0.717) is 6.54 Å². The lowest BCUT2D eigenvalue weighted by molar-refractivity contribution is -0.0441. The average molecular weight is 266 g/mol. The Morgan fingerprint density at radius 1 is 1.53 bits per heavy atom. The van der Waals surface area contributed by atoms with Crippen LogP contribution >= 0.6 is 0 Å². The first kappa shape index (κ1) is 14.5. The first-order valence-corrected chi connectivity index (χ1v) is 7.11. The van der Waals surface area contributed by atoms with Gasteiger partial charge < -0.3 is 10.0 Å². The molecule has 1 fully saturated rings. The smallest absolute Gasteiger partial charge is 0.0900 e. The summed E-state index contributed by atoms with van der Waals surface area (Å²) in [7, 11) is 4.14. The third-order valence-electron chi connectivity index (χ3n) is 3.77. The van der Waals surface area contributed by atoms with Gasteiger partial charge in [-0.15, -0.1) is 0 Å². The van der Waals surface area contributed by atoms with E-state index in [0.717, 1.165) is 39.0 Å². The third-order valence-corrected chi connectivity index (χ3v) is 3.77. The van der Waals surface area contributed by atoms with Crippen molar-refractivity contribution in [3.05, 3.63) is 18.0 Å². The van der Waals surface area contributed by atoms with E-state index < -0.39 is 5.60 Å². The molecule has 0 amide bonds. The molecule has 1 aliphatic rings. The Hall–Kier alpha value is -0.910. The largest absolute Gasteiger partial charge is 0.387 e. The predicted octanol–water partition coefficient (Wildman–Crippen LogP) is 0.791. The van der Waals surface area contributed by atoms with Crippen molar-refractivity contribution in [2.75, 3.05) is 33.7 Å². The average Bonchev–Trinajstić information content (AvgIpc) is 2.75. The van der Waals surface area contributed by atoms with Gasteiger partial charge in [0.05, 0.1) is 11.8 Å². The first-order chi connectivity index (χ1) is 9.00. The van der Waals surface area contributed by atoms with Crippen molar-refractivity contribution in [3.8, 4) is 0 Å². The molecule has 2 rings (SSSR count). The molecule has 5 heteroatoms. The van der Waals surface area contributed by atoms with Gasteiger partial charge >= 0.3 is 0 Å². The van der Waals surface area contributed by atoms with Crippen molar-refractivity contribution in [2.24, 2.45) is 0 Å². The highest BCUT2D eigenvalue weighted by molar-refractivity contribution is 5.04. The molecular weight excluding hydrogens is 240 g/mol. The first-order valence-electron chi connectivity index (χ1n) is 7.11. The number of aryl methyl sites for hydroxylation is 1. The van der Waals surface area contributed by atoms with E-state index >= 15 is 0 Å². The van der Waals surface area contributed by atoms with E-state index in [4.69, 9.17) is 0 Å². The lowest BCUT2D eigenvalue weighted by Gasteiger charge is -2.39. The van der Waals surface area contributed by atoms with Gasteiger partial charge in [0.2, 0.25) is 0 Å². The normalized spacial score (nSPS) is 25.1. The molecule has 1 atom stereocenters. The van der Waals surface area contributed by atoms with Crippen LogP contribution in [0.3, 0.4) is 0 Å². The van der Waals surface area contributed by atoms with E-state index in [9.17, 15) is 5.11 Å². The van der Waals surface area contributed by atoms with Gasteiger partial charge in [0, 0.05) is 37.9 Å². The Kier molecular flexibility index (Phi) is 4.60. The van der Waals surface area contributed by atoms with Gasteiger partial charge in [0.25, 0.3) is 0 Å². The molecule has 0 saturated carbocycles. The molecule has 108 valence electrons. The molecule has 1 unspecified atom stereocenters. The van der Waals surface area contributed by atoms with E-state index in [1.165, 1.54) is 5.56 Å². The fraction of sp³-hybridized carbons (Fsp3) is 0.786. The number of nitrogens with zero attached hydrogens (tertiary/aromatic N) is 4. The second-order valence-electron chi connectivity index (χ2n) is 5.94. The SMILES string of the molecule is CCn1cc(CN(C)CC2(O)CCCN(C)C2)cn1. The zero-order valence-corrected chi connectivity index (χ0v) is 12.3. The Bertz CT molecular complexity index is 406. The van der Waals surface area contributed by atoms with Crippen LogP contribution in [0.1, 0.15) is 25.3 Å². The van der Waals surface area contributed by atoms with Gasteiger partial charge in [0.15, 0.2) is 0 Å². The summed E-state index contributed by atoms with van der Waals surface area (Å²) in [5.74, 6) is 0. The van der Waals surface area contributed by atoms with Gasteiger partial charge in [-0.3, -0.25) is 9.58 Å². The van der Waals surface area contributed by atoms with Crippen molar-refractivity contribution in [3.63, 3.8) is 0 Å². The van der Waals surface area contributed by atoms with Crippen LogP contribution in [0.5, 0.6) is 0 Å². The number of rotatable bonds is 5. The van der Waals surface area contributed by atoms with Crippen LogP contribution in [0, 0.1) is 0 Å². The summed E-state index contributed by atoms with van der Waals surface area (Å²) in [6.07, 6.45) is 5.97. The number of likely N-dealkylation sites (N-methyl/N-ethyl adjacent to an activating group) is 2. The number of β-amino-alcohol motifs (C(OH)–C–C–N with tert-alkyl or cyclic N) is 1. The predicted molar refractivity (Wildman–Crippen MR) is 75.9 cm³/mol. The maximum absolute atomic E-state index is 10.6. The summed E-state index contributed by atoms with van der Waals surface area (Å²) in [6.45, 7) is 6.40. The van der Waals surface area contributed by atoms with Crippen LogP contribution in [-0.4, -0.2) is 64.0 Å². The summed E-state index contributed by atoms with van der Waals surface area (Å²) in [6, 6.07) is 0. The number of aliphatic hydroxyl groups is 1. The van der Waals surface area contributed by atoms with Crippen LogP contribution in [0.4, 0.5) is 0 Å².